The van der Waals surface area contributed by atoms with Crippen LogP contribution in [0.25, 0.3) is 82.1 Å². The predicted octanol–water partition coefficient (Wildman–Crippen LogP) is 15.7. The SMILES string of the molecule is CC1(C)c2cc(N(c3ccccc3)c3ccc(-c4ccccc4)cc3)ccc2-c2cc3c4ccccc4n(-c4ccc5c6ccccc6c6ccccc6c5c4)c3cc21. The largest absolute Gasteiger partial charge is 0.310 e. The van der Waals surface area contributed by atoms with E-state index in [9.17, 15) is 0 Å². The van der Waals surface area contributed by atoms with Crippen molar-refractivity contribution in [3.8, 4) is 27.9 Å². The molecule has 0 saturated heterocycles. The second kappa shape index (κ2) is 12.8. The van der Waals surface area contributed by atoms with E-state index in [0.29, 0.717) is 0 Å². The third kappa shape index (κ3) is 5.06. The van der Waals surface area contributed by atoms with Crippen molar-refractivity contribution in [3.63, 3.8) is 0 Å². The van der Waals surface area contributed by atoms with Gasteiger partial charge in [0, 0.05) is 38.9 Å². The van der Waals surface area contributed by atoms with Gasteiger partial charge in [-0.2, -0.15) is 0 Å². The number of rotatable bonds is 5. The van der Waals surface area contributed by atoms with Crippen LogP contribution >= 0.6 is 0 Å². The Morgan fingerprint density at radius 1 is 0.339 bits per heavy atom. The molecule has 0 spiro atoms. The quantitative estimate of drug-likeness (QED) is 0.159. The van der Waals surface area contributed by atoms with Crippen LogP contribution in [0.1, 0.15) is 25.0 Å². The van der Waals surface area contributed by atoms with Gasteiger partial charge in [0.15, 0.2) is 0 Å². The molecule has 0 saturated carbocycles. The number of fused-ring (bicyclic) bond motifs is 12. The summed E-state index contributed by atoms with van der Waals surface area (Å²) in [5.74, 6) is 0. The molecule has 0 radical (unpaired) electrons. The molecule has 11 aromatic rings. The van der Waals surface area contributed by atoms with Crippen molar-refractivity contribution in [2.45, 2.75) is 19.3 Å². The van der Waals surface area contributed by atoms with Gasteiger partial charge in [-0.1, -0.05) is 153 Å². The molecule has 10 aromatic carbocycles. The number of anilines is 3. The van der Waals surface area contributed by atoms with Gasteiger partial charge in [0.1, 0.15) is 0 Å². The molecule has 1 aliphatic rings. The lowest BCUT2D eigenvalue weighted by Crippen LogP contribution is -2.16. The minimum absolute atomic E-state index is 0.228. The molecular weight excluding hydrogens is 713 g/mol. The fourth-order valence-corrected chi connectivity index (χ4v) is 10.1. The average molecular weight is 753 g/mol. The molecule has 59 heavy (non-hydrogen) atoms. The summed E-state index contributed by atoms with van der Waals surface area (Å²) in [6, 6.07) is 76.0. The number of benzene rings is 10. The van der Waals surface area contributed by atoms with Gasteiger partial charge in [0.25, 0.3) is 0 Å². The molecule has 0 N–H and O–H groups in total. The minimum atomic E-state index is -0.228. The average Bonchev–Trinajstić information content (AvgIpc) is 3.73. The van der Waals surface area contributed by atoms with E-state index < -0.39 is 0 Å². The Kier molecular flexibility index (Phi) is 7.31. The van der Waals surface area contributed by atoms with Gasteiger partial charge in [-0.15, -0.1) is 0 Å². The molecule has 1 aromatic heterocycles. The summed E-state index contributed by atoms with van der Waals surface area (Å²) in [6.45, 7) is 4.80. The summed E-state index contributed by atoms with van der Waals surface area (Å²) < 4.78 is 2.50. The highest BCUT2D eigenvalue weighted by molar-refractivity contribution is 6.25. The number of para-hydroxylation sites is 2. The van der Waals surface area contributed by atoms with E-state index >= 15 is 0 Å². The van der Waals surface area contributed by atoms with Crippen molar-refractivity contribution in [3.05, 3.63) is 217 Å². The highest BCUT2D eigenvalue weighted by Crippen LogP contribution is 2.53. The van der Waals surface area contributed by atoms with E-state index in [1.807, 2.05) is 0 Å². The first-order valence-corrected chi connectivity index (χ1v) is 20.6. The maximum atomic E-state index is 2.50. The smallest absolute Gasteiger partial charge is 0.0544 e. The zero-order valence-electron chi connectivity index (χ0n) is 33.0. The first kappa shape index (κ1) is 33.7. The van der Waals surface area contributed by atoms with Crippen LogP contribution in [0.15, 0.2) is 206 Å². The predicted molar refractivity (Wildman–Crippen MR) is 251 cm³/mol. The molecule has 278 valence electrons. The van der Waals surface area contributed by atoms with Gasteiger partial charge in [0.05, 0.1) is 11.0 Å². The Bertz CT molecular complexity index is 3410. The van der Waals surface area contributed by atoms with E-state index in [1.165, 1.54) is 93.2 Å². The summed E-state index contributed by atoms with van der Waals surface area (Å²) in [5, 5.41) is 10.3. The summed E-state index contributed by atoms with van der Waals surface area (Å²) in [6.07, 6.45) is 0. The van der Waals surface area contributed by atoms with Crippen LogP contribution in [0, 0.1) is 0 Å². The monoisotopic (exact) mass is 752 g/mol. The summed E-state index contributed by atoms with van der Waals surface area (Å²) in [7, 11) is 0. The fourth-order valence-electron chi connectivity index (χ4n) is 10.1. The van der Waals surface area contributed by atoms with Crippen molar-refractivity contribution < 1.29 is 0 Å². The highest BCUT2D eigenvalue weighted by atomic mass is 15.1. The molecule has 0 amide bonds. The lowest BCUT2D eigenvalue weighted by Gasteiger charge is -2.28. The van der Waals surface area contributed by atoms with Gasteiger partial charge in [-0.3, -0.25) is 0 Å². The first-order chi connectivity index (χ1) is 29.0. The van der Waals surface area contributed by atoms with Gasteiger partial charge >= 0.3 is 0 Å². The van der Waals surface area contributed by atoms with E-state index in [4.69, 9.17) is 0 Å². The zero-order chi connectivity index (χ0) is 39.2. The maximum Gasteiger partial charge on any atom is 0.0544 e. The normalized spacial score (nSPS) is 13.1. The van der Waals surface area contributed by atoms with Crippen LogP contribution in [0.4, 0.5) is 17.1 Å². The molecule has 12 rings (SSSR count). The van der Waals surface area contributed by atoms with Gasteiger partial charge in [0.2, 0.25) is 0 Å². The van der Waals surface area contributed by atoms with Crippen molar-refractivity contribution in [1.82, 2.24) is 4.57 Å². The Hall–Kier alpha value is -7.42. The molecule has 0 unspecified atom stereocenters. The Morgan fingerprint density at radius 2 is 0.864 bits per heavy atom. The highest BCUT2D eigenvalue weighted by Gasteiger charge is 2.37. The number of hydrogen-bond acceptors (Lipinski definition) is 1. The van der Waals surface area contributed by atoms with E-state index in [0.717, 1.165) is 17.1 Å². The van der Waals surface area contributed by atoms with Crippen LogP contribution in [-0.4, -0.2) is 4.57 Å². The number of aromatic nitrogens is 1. The summed E-state index contributed by atoms with van der Waals surface area (Å²) in [4.78, 5) is 2.39. The van der Waals surface area contributed by atoms with E-state index in [1.54, 1.807) is 0 Å². The molecule has 2 heteroatoms. The molecular formula is C57H40N2. The Balaban J connectivity index is 1.02. The maximum absolute atomic E-state index is 2.50. The second-order valence-corrected chi connectivity index (χ2v) is 16.5. The van der Waals surface area contributed by atoms with Crippen LogP contribution in [-0.2, 0) is 5.41 Å². The van der Waals surface area contributed by atoms with Crippen molar-refractivity contribution >= 4 is 71.2 Å². The third-order valence-electron chi connectivity index (χ3n) is 12.9. The van der Waals surface area contributed by atoms with Crippen LogP contribution < -0.4 is 4.90 Å². The second-order valence-electron chi connectivity index (χ2n) is 16.5. The Labute approximate surface area is 343 Å². The van der Waals surface area contributed by atoms with Crippen molar-refractivity contribution in [1.29, 1.82) is 0 Å². The fraction of sp³-hybridized carbons (Fsp3) is 0.0526. The molecule has 1 heterocycles. The molecule has 0 bridgehead atoms. The lowest BCUT2D eigenvalue weighted by molar-refractivity contribution is 0.661. The molecule has 0 fully saturated rings. The van der Waals surface area contributed by atoms with Gasteiger partial charge < -0.3 is 9.47 Å². The van der Waals surface area contributed by atoms with Gasteiger partial charge in [-0.05, 0) is 132 Å². The lowest BCUT2D eigenvalue weighted by atomic mass is 9.82. The summed E-state index contributed by atoms with van der Waals surface area (Å²) >= 11 is 0. The topological polar surface area (TPSA) is 8.17 Å². The molecule has 0 aliphatic heterocycles. The molecule has 0 atom stereocenters. The standard InChI is InChI=1S/C57H40N2/c1-57(2)53-34-42(58(39-17-7-4-8-18-39)40-27-25-38(26-28-40)37-15-5-3-6-16-37)30-32-48(53)51-35-52-49-23-13-14-24-55(49)59(56(52)36-54(51)57)41-29-31-47-45-21-10-9-19-43(45)44-20-11-12-22-46(44)50(47)33-41/h3-36H,1-2H3. The number of hydrogen-bond donors (Lipinski definition) is 0. The third-order valence-corrected chi connectivity index (χ3v) is 12.9. The van der Waals surface area contributed by atoms with Crippen molar-refractivity contribution in [2.75, 3.05) is 4.90 Å². The zero-order valence-corrected chi connectivity index (χ0v) is 33.0. The Morgan fingerprint density at radius 3 is 1.56 bits per heavy atom. The first-order valence-electron chi connectivity index (χ1n) is 20.6. The molecule has 2 nitrogen and oxygen atoms in total. The van der Waals surface area contributed by atoms with E-state index in [2.05, 4.69) is 230 Å². The van der Waals surface area contributed by atoms with Crippen LogP contribution in [0.2, 0.25) is 0 Å². The van der Waals surface area contributed by atoms with Gasteiger partial charge in [-0.25, -0.2) is 0 Å². The van der Waals surface area contributed by atoms with Crippen LogP contribution in [0.3, 0.4) is 0 Å². The number of nitrogens with zero attached hydrogens (tertiary/aromatic N) is 2. The minimum Gasteiger partial charge on any atom is -0.310 e. The van der Waals surface area contributed by atoms with Crippen LogP contribution in [0.5, 0.6) is 0 Å². The van der Waals surface area contributed by atoms with Crippen molar-refractivity contribution in [2.24, 2.45) is 0 Å². The molecule has 1 aliphatic carbocycles. The van der Waals surface area contributed by atoms with E-state index in [-0.39, 0.29) is 5.41 Å². The summed E-state index contributed by atoms with van der Waals surface area (Å²) in [5.41, 5.74) is 14.6.